The summed E-state index contributed by atoms with van der Waals surface area (Å²) in [4.78, 5) is 12.1. The van der Waals surface area contributed by atoms with Crippen molar-refractivity contribution in [3.8, 4) is 0 Å². The number of nitrogens with one attached hydrogen (secondary N) is 1. The van der Waals surface area contributed by atoms with Gasteiger partial charge in [-0.2, -0.15) is 13.2 Å². The first-order chi connectivity index (χ1) is 10.9. The van der Waals surface area contributed by atoms with Crippen LogP contribution >= 0.6 is 0 Å². The van der Waals surface area contributed by atoms with Crippen molar-refractivity contribution in [1.29, 1.82) is 0 Å². The molecule has 23 heavy (non-hydrogen) atoms. The normalized spacial score (nSPS) is 12.7. The molecule has 2 rings (SSSR count). The van der Waals surface area contributed by atoms with Gasteiger partial charge in [0.05, 0.1) is 23.8 Å². The third-order valence-electron chi connectivity index (χ3n) is 3.36. The number of aliphatic hydroxyl groups excluding tert-OH is 1. The molecule has 0 fully saturated rings. The van der Waals surface area contributed by atoms with Gasteiger partial charge in [-0.05, 0) is 24.1 Å². The summed E-state index contributed by atoms with van der Waals surface area (Å²) in [5.74, 6) is -0.854. The minimum atomic E-state index is -4.61. The Labute approximate surface area is 131 Å². The molecule has 6 heteroatoms. The van der Waals surface area contributed by atoms with Gasteiger partial charge in [-0.3, -0.25) is 4.79 Å². The Morgan fingerprint density at radius 3 is 2.26 bits per heavy atom. The molecule has 122 valence electrons. The zero-order chi connectivity index (χ0) is 16.9. The highest BCUT2D eigenvalue weighted by Crippen LogP contribution is 2.31. The lowest BCUT2D eigenvalue weighted by molar-refractivity contribution is -0.137. The van der Waals surface area contributed by atoms with E-state index in [1.807, 2.05) is 30.3 Å². The van der Waals surface area contributed by atoms with Crippen molar-refractivity contribution in [2.75, 3.05) is 6.61 Å². The first-order valence-electron chi connectivity index (χ1n) is 7.03. The van der Waals surface area contributed by atoms with Crippen molar-refractivity contribution in [2.24, 2.45) is 0 Å². The van der Waals surface area contributed by atoms with Crippen LogP contribution in [0.1, 0.15) is 21.5 Å². The molecule has 0 heterocycles. The van der Waals surface area contributed by atoms with E-state index < -0.39 is 29.3 Å². The fourth-order valence-electron chi connectivity index (χ4n) is 2.25. The average molecular weight is 323 g/mol. The van der Waals surface area contributed by atoms with Gasteiger partial charge in [-0.25, -0.2) is 0 Å². The van der Waals surface area contributed by atoms with E-state index in [4.69, 9.17) is 0 Å². The molecule has 0 aliphatic heterocycles. The van der Waals surface area contributed by atoms with E-state index in [2.05, 4.69) is 5.32 Å². The van der Waals surface area contributed by atoms with Crippen molar-refractivity contribution < 1.29 is 23.1 Å². The fourth-order valence-corrected chi connectivity index (χ4v) is 2.25. The molecule has 0 unspecified atom stereocenters. The van der Waals surface area contributed by atoms with E-state index in [1.54, 1.807) is 0 Å². The van der Waals surface area contributed by atoms with Crippen molar-refractivity contribution >= 4 is 5.91 Å². The smallest absolute Gasteiger partial charge is 0.394 e. The molecule has 3 nitrogen and oxygen atoms in total. The molecule has 0 aliphatic carbocycles. The van der Waals surface area contributed by atoms with E-state index in [0.717, 1.165) is 17.7 Å². The van der Waals surface area contributed by atoms with Crippen LogP contribution in [0, 0.1) is 0 Å². The molecule has 1 atom stereocenters. The Hall–Kier alpha value is -2.34. The zero-order valence-corrected chi connectivity index (χ0v) is 12.2. The highest BCUT2D eigenvalue weighted by atomic mass is 19.4. The van der Waals surface area contributed by atoms with E-state index in [-0.39, 0.29) is 6.61 Å². The lowest BCUT2D eigenvalue weighted by atomic mass is 10.0. The van der Waals surface area contributed by atoms with Crippen molar-refractivity contribution in [1.82, 2.24) is 5.32 Å². The summed E-state index contributed by atoms with van der Waals surface area (Å²) in [5, 5.41) is 11.8. The topological polar surface area (TPSA) is 49.3 Å². The third-order valence-corrected chi connectivity index (χ3v) is 3.36. The second-order valence-corrected chi connectivity index (χ2v) is 5.09. The van der Waals surface area contributed by atoms with Crippen molar-refractivity contribution in [3.63, 3.8) is 0 Å². The van der Waals surface area contributed by atoms with Gasteiger partial charge >= 0.3 is 6.18 Å². The Morgan fingerprint density at radius 1 is 1.04 bits per heavy atom. The minimum absolute atomic E-state index is 0.331. The number of carbonyl (C=O) groups excluding carboxylic acids is 1. The summed E-state index contributed by atoms with van der Waals surface area (Å²) in [6.07, 6.45) is -4.28. The largest absolute Gasteiger partial charge is 0.417 e. The molecule has 0 saturated heterocycles. The second kappa shape index (κ2) is 7.28. The van der Waals surface area contributed by atoms with Crippen LogP contribution in [0.2, 0.25) is 0 Å². The highest BCUT2D eigenvalue weighted by molar-refractivity contribution is 5.96. The van der Waals surface area contributed by atoms with Crippen LogP contribution in [-0.2, 0) is 12.6 Å². The minimum Gasteiger partial charge on any atom is -0.394 e. The van der Waals surface area contributed by atoms with Crippen molar-refractivity contribution in [3.05, 3.63) is 71.3 Å². The number of aliphatic hydroxyl groups is 1. The van der Waals surface area contributed by atoms with Gasteiger partial charge in [-0.1, -0.05) is 42.5 Å². The SMILES string of the molecule is O=C(N[C@@H](CO)Cc1ccccc1)c1ccccc1C(F)(F)F. The third kappa shape index (κ3) is 4.56. The summed E-state index contributed by atoms with van der Waals surface area (Å²) in [6, 6.07) is 13.0. The van der Waals surface area contributed by atoms with Gasteiger partial charge in [0.2, 0.25) is 0 Å². The van der Waals surface area contributed by atoms with E-state index >= 15 is 0 Å². The van der Waals surface area contributed by atoms with Crippen LogP contribution in [0.5, 0.6) is 0 Å². The molecule has 1 amide bonds. The summed E-state index contributed by atoms with van der Waals surface area (Å²) < 4.78 is 38.8. The van der Waals surface area contributed by atoms with Gasteiger partial charge in [0.25, 0.3) is 5.91 Å². The standard InChI is InChI=1S/C17H16F3NO2/c18-17(19,20)15-9-5-4-8-14(15)16(23)21-13(11-22)10-12-6-2-1-3-7-12/h1-9,13,22H,10-11H2,(H,21,23)/t13-/m1/s1. The van der Waals surface area contributed by atoms with E-state index in [1.165, 1.54) is 12.1 Å². The van der Waals surface area contributed by atoms with Gasteiger partial charge < -0.3 is 10.4 Å². The summed E-state index contributed by atoms with van der Waals surface area (Å²) in [6.45, 7) is -0.366. The van der Waals surface area contributed by atoms with Crippen LogP contribution in [-0.4, -0.2) is 23.7 Å². The molecule has 2 aromatic rings. The number of hydrogen-bond donors (Lipinski definition) is 2. The van der Waals surface area contributed by atoms with Crippen LogP contribution < -0.4 is 5.32 Å². The quantitative estimate of drug-likeness (QED) is 0.888. The van der Waals surface area contributed by atoms with E-state index in [9.17, 15) is 23.1 Å². The van der Waals surface area contributed by atoms with Crippen molar-refractivity contribution in [2.45, 2.75) is 18.6 Å². The highest BCUT2D eigenvalue weighted by Gasteiger charge is 2.35. The molecule has 2 N–H and O–H groups in total. The molecule has 0 aliphatic rings. The van der Waals surface area contributed by atoms with E-state index in [0.29, 0.717) is 6.42 Å². The first kappa shape index (κ1) is 17.0. The fraction of sp³-hybridized carbons (Fsp3) is 0.235. The van der Waals surface area contributed by atoms with Gasteiger partial charge in [-0.15, -0.1) is 0 Å². The molecule has 0 spiro atoms. The number of amides is 1. The van der Waals surface area contributed by atoms with Gasteiger partial charge in [0.15, 0.2) is 0 Å². The van der Waals surface area contributed by atoms with Crippen LogP contribution in [0.3, 0.4) is 0 Å². The monoisotopic (exact) mass is 323 g/mol. The van der Waals surface area contributed by atoms with Crippen LogP contribution in [0.4, 0.5) is 13.2 Å². The number of alkyl halides is 3. The number of benzene rings is 2. The first-order valence-corrected chi connectivity index (χ1v) is 7.03. The molecular formula is C17H16F3NO2. The lowest BCUT2D eigenvalue weighted by Gasteiger charge is -2.18. The van der Waals surface area contributed by atoms with Gasteiger partial charge in [0.1, 0.15) is 0 Å². The Balaban J connectivity index is 2.14. The number of carbonyl (C=O) groups is 1. The predicted molar refractivity (Wildman–Crippen MR) is 79.9 cm³/mol. The summed E-state index contributed by atoms with van der Waals surface area (Å²) in [5.41, 5.74) is -0.573. The van der Waals surface area contributed by atoms with Gasteiger partial charge in [0, 0.05) is 0 Å². The maximum atomic E-state index is 12.9. The lowest BCUT2D eigenvalue weighted by Crippen LogP contribution is -2.39. The number of halogens is 3. The van der Waals surface area contributed by atoms with Crippen LogP contribution in [0.15, 0.2) is 54.6 Å². The maximum Gasteiger partial charge on any atom is 0.417 e. The molecule has 0 radical (unpaired) electrons. The Morgan fingerprint density at radius 2 is 1.65 bits per heavy atom. The predicted octanol–water partition coefficient (Wildman–Crippen LogP) is 3.04. The number of rotatable bonds is 5. The molecule has 2 aromatic carbocycles. The maximum absolute atomic E-state index is 12.9. The molecule has 0 aromatic heterocycles. The Kier molecular flexibility index (Phi) is 5.39. The summed E-state index contributed by atoms with van der Waals surface area (Å²) in [7, 11) is 0. The second-order valence-electron chi connectivity index (χ2n) is 5.09. The molecule has 0 bridgehead atoms. The summed E-state index contributed by atoms with van der Waals surface area (Å²) >= 11 is 0. The molecular weight excluding hydrogens is 307 g/mol. The molecule has 0 saturated carbocycles. The Bertz CT molecular complexity index is 656. The van der Waals surface area contributed by atoms with Crippen LogP contribution in [0.25, 0.3) is 0 Å². The average Bonchev–Trinajstić information content (AvgIpc) is 2.54. The number of hydrogen-bond acceptors (Lipinski definition) is 2. The zero-order valence-electron chi connectivity index (χ0n) is 12.2.